The van der Waals surface area contributed by atoms with E-state index in [1.807, 2.05) is 45.0 Å². The molecule has 0 spiro atoms. The first-order valence-corrected chi connectivity index (χ1v) is 9.13. The van der Waals surface area contributed by atoms with E-state index in [0.29, 0.717) is 6.42 Å². The molecule has 2 amide bonds. The van der Waals surface area contributed by atoms with E-state index in [4.69, 9.17) is 0 Å². The maximum Gasteiger partial charge on any atom is 0.326 e. The number of fused-ring (bicyclic) bond motifs is 1. The fraction of sp³-hybridized carbons (Fsp3) is 0.550. The van der Waals surface area contributed by atoms with Gasteiger partial charge in [0.25, 0.3) is 0 Å². The third-order valence-corrected chi connectivity index (χ3v) is 4.99. The summed E-state index contributed by atoms with van der Waals surface area (Å²) in [5, 5.41) is 14.4. The van der Waals surface area contributed by atoms with Crippen molar-refractivity contribution in [3.8, 4) is 0 Å². The van der Waals surface area contributed by atoms with E-state index in [0.717, 1.165) is 24.8 Å². The van der Waals surface area contributed by atoms with E-state index in [-0.39, 0.29) is 18.4 Å². The Kier molecular flexibility index (Phi) is 6.40. The number of carboxylic acid groups (broad SMARTS) is 1. The van der Waals surface area contributed by atoms with Gasteiger partial charge >= 0.3 is 5.97 Å². The Bertz CT molecular complexity index is 686. The number of rotatable bonds is 7. The lowest BCUT2D eigenvalue weighted by molar-refractivity contribution is -0.142. The molecule has 142 valence electrons. The molecule has 1 aliphatic carbocycles. The number of carboxylic acids is 1. The molecule has 0 radical (unpaired) electrons. The van der Waals surface area contributed by atoms with Gasteiger partial charge in [0.2, 0.25) is 11.8 Å². The van der Waals surface area contributed by atoms with Crippen LogP contribution < -0.4 is 10.6 Å². The molecule has 3 N–H and O–H groups in total. The van der Waals surface area contributed by atoms with E-state index >= 15 is 0 Å². The van der Waals surface area contributed by atoms with Crippen LogP contribution in [0.5, 0.6) is 0 Å². The second-order valence-electron chi connectivity index (χ2n) is 7.61. The van der Waals surface area contributed by atoms with Gasteiger partial charge in [-0.3, -0.25) is 9.59 Å². The van der Waals surface area contributed by atoms with Gasteiger partial charge in [0.1, 0.15) is 6.04 Å². The standard InChI is InChI=1S/C20H28N2O4/c1-13(2)11-16(18(24)25)22-17(23)12-21-19(26)20(3)10-6-8-14-7-4-5-9-15(14)20/h4-5,7,9,13,16H,6,8,10-12H2,1-3H3,(H,21,26)(H,22,23)(H,24,25)/t16-,20?/m0/s1. The largest absolute Gasteiger partial charge is 0.480 e. The third-order valence-electron chi connectivity index (χ3n) is 4.99. The quantitative estimate of drug-likeness (QED) is 0.693. The van der Waals surface area contributed by atoms with Crippen molar-refractivity contribution in [2.75, 3.05) is 6.54 Å². The molecule has 6 nitrogen and oxygen atoms in total. The van der Waals surface area contributed by atoms with Crippen LogP contribution in [0, 0.1) is 5.92 Å². The molecule has 0 aliphatic heterocycles. The molecule has 0 saturated heterocycles. The topological polar surface area (TPSA) is 95.5 Å². The molecule has 2 rings (SSSR count). The Hall–Kier alpha value is -2.37. The summed E-state index contributed by atoms with van der Waals surface area (Å²) >= 11 is 0. The molecule has 1 aliphatic rings. The molecule has 26 heavy (non-hydrogen) atoms. The van der Waals surface area contributed by atoms with Crippen molar-refractivity contribution < 1.29 is 19.5 Å². The summed E-state index contributed by atoms with van der Waals surface area (Å²) in [5.41, 5.74) is 1.51. The number of carbonyl (C=O) groups is 3. The van der Waals surface area contributed by atoms with E-state index in [1.165, 1.54) is 5.56 Å². The molecule has 1 aromatic rings. The second-order valence-corrected chi connectivity index (χ2v) is 7.61. The first-order valence-electron chi connectivity index (χ1n) is 9.13. The lowest BCUT2D eigenvalue weighted by Gasteiger charge is -2.34. The number of amides is 2. The number of hydrogen-bond acceptors (Lipinski definition) is 3. The first kappa shape index (κ1) is 19.9. The number of aryl methyl sites for hydroxylation is 1. The molecule has 0 bridgehead atoms. The molecule has 0 aromatic heterocycles. The van der Waals surface area contributed by atoms with Gasteiger partial charge < -0.3 is 15.7 Å². The Morgan fingerprint density at radius 3 is 2.58 bits per heavy atom. The minimum Gasteiger partial charge on any atom is -0.480 e. The second kappa shape index (κ2) is 8.34. The van der Waals surface area contributed by atoms with Gasteiger partial charge in [-0.15, -0.1) is 0 Å². The van der Waals surface area contributed by atoms with Crippen LogP contribution in [0.2, 0.25) is 0 Å². The summed E-state index contributed by atoms with van der Waals surface area (Å²) in [7, 11) is 0. The molecule has 2 atom stereocenters. The van der Waals surface area contributed by atoms with E-state index in [1.54, 1.807) is 0 Å². The van der Waals surface area contributed by atoms with Crippen molar-refractivity contribution in [1.82, 2.24) is 10.6 Å². The molecular weight excluding hydrogens is 332 g/mol. The molecule has 0 fully saturated rings. The van der Waals surface area contributed by atoms with Crippen molar-refractivity contribution in [3.05, 3.63) is 35.4 Å². The number of aliphatic carboxylic acids is 1. The lowest BCUT2D eigenvalue weighted by atomic mass is 9.70. The van der Waals surface area contributed by atoms with Gasteiger partial charge in [-0.1, -0.05) is 38.1 Å². The lowest BCUT2D eigenvalue weighted by Crippen LogP contribution is -2.50. The van der Waals surface area contributed by atoms with E-state index in [2.05, 4.69) is 10.6 Å². The zero-order valence-electron chi connectivity index (χ0n) is 15.7. The van der Waals surface area contributed by atoms with Crippen LogP contribution in [-0.2, 0) is 26.2 Å². The molecule has 0 heterocycles. The van der Waals surface area contributed by atoms with Crippen molar-refractivity contribution in [2.45, 2.75) is 57.9 Å². The highest BCUT2D eigenvalue weighted by atomic mass is 16.4. The fourth-order valence-corrected chi connectivity index (χ4v) is 3.57. The normalized spacial score (nSPS) is 20.2. The van der Waals surface area contributed by atoms with Gasteiger partial charge in [-0.25, -0.2) is 4.79 Å². The summed E-state index contributed by atoms with van der Waals surface area (Å²) in [6.07, 6.45) is 2.94. The van der Waals surface area contributed by atoms with Crippen molar-refractivity contribution >= 4 is 17.8 Å². The SMILES string of the molecule is CC(C)C[C@H](NC(=O)CNC(=O)C1(C)CCCc2ccccc21)C(=O)O. The van der Waals surface area contributed by atoms with Gasteiger partial charge in [0.05, 0.1) is 12.0 Å². The predicted molar refractivity (Wildman–Crippen MR) is 98.8 cm³/mol. The van der Waals surface area contributed by atoms with Crippen LogP contribution in [-0.4, -0.2) is 35.5 Å². The highest BCUT2D eigenvalue weighted by Gasteiger charge is 2.38. The van der Waals surface area contributed by atoms with Crippen LogP contribution in [0.25, 0.3) is 0 Å². The Labute approximate surface area is 154 Å². The van der Waals surface area contributed by atoms with E-state index in [9.17, 15) is 19.5 Å². The fourth-order valence-electron chi connectivity index (χ4n) is 3.57. The third kappa shape index (κ3) is 4.62. The van der Waals surface area contributed by atoms with Crippen molar-refractivity contribution in [2.24, 2.45) is 5.92 Å². The molecule has 6 heteroatoms. The molecule has 1 unspecified atom stereocenters. The Balaban J connectivity index is 1.98. The van der Waals surface area contributed by atoms with Crippen LogP contribution in [0.1, 0.15) is 51.2 Å². The highest BCUT2D eigenvalue weighted by Crippen LogP contribution is 2.37. The van der Waals surface area contributed by atoms with E-state index < -0.39 is 23.3 Å². The summed E-state index contributed by atoms with van der Waals surface area (Å²) in [5.74, 6) is -1.61. The van der Waals surface area contributed by atoms with Crippen LogP contribution in [0.4, 0.5) is 0 Å². The number of benzene rings is 1. The Morgan fingerprint density at radius 2 is 1.92 bits per heavy atom. The smallest absolute Gasteiger partial charge is 0.326 e. The maximum absolute atomic E-state index is 12.8. The minimum atomic E-state index is -1.06. The summed E-state index contributed by atoms with van der Waals surface area (Å²) in [6.45, 7) is 5.46. The van der Waals surface area contributed by atoms with Crippen molar-refractivity contribution in [1.29, 1.82) is 0 Å². The van der Waals surface area contributed by atoms with Crippen molar-refractivity contribution in [3.63, 3.8) is 0 Å². The summed E-state index contributed by atoms with van der Waals surface area (Å²) in [6, 6.07) is 6.96. The van der Waals surface area contributed by atoms with Crippen LogP contribution in [0.15, 0.2) is 24.3 Å². The van der Waals surface area contributed by atoms with Gasteiger partial charge in [0, 0.05) is 0 Å². The highest BCUT2D eigenvalue weighted by molar-refractivity contribution is 5.92. The van der Waals surface area contributed by atoms with Crippen LogP contribution in [0.3, 0.4) is 0 Å². The zero-order chi connectivity index (χ0) is 19.3. The number of carbonyl (C=O) groups excluding carboxylic acids is 2. The first-order chi connectivity index (χ1) is 12.2. The average Bonchev–Trinajstić information content (AvgIpc) is 2.59. The maximum atomic E-state index is 12.8. The summed E-state index contributed by atoms with van der Waals surface area (Å²) < 4.78 is 0. The molecular formula is C20H28N2O4. The molecule has 1 aromatic carbocycles. The van der Waals surface area contributed by atoms with Gasteiger partial charge in [-0.05, 0) is 49.7 Å². The summed E-state index contributed by atoms with van der Waals surface area (Å²) in [4.78, 5) is 36.1. The average molecular weight is 360 g/mol. The number of hydrogen-bond donors (Lipinski definition) is 3. The predicted octanol–water partition coefficient (Wildman–Crippen LogP) is 2.01. The monoisotopic (exact) mass is 360 g/mol. The van der Waals surface area contributed by atoms with Crippen LogP contribution >= 0.6 is 0 Å². The molecule has 0 saturated carbocycles. The minimum absolute atomic E-state index is 0.142. The van der Waals surface area contributed by atoms with Gasteiger partial charge in [-0.2, -0.15) is 0 Å². The zero-order valence-corrected chi connectivity index (χ0v) is 15.7. The van der Waals surface area contributed by atoms with Gasteiger partial charge in [0.15, 0.2) is 0 Å². The number of nitrogens with one attached hydrogen (secondary N) is 2. The Morgan fingerprint density at radius 1 is 1.23 bits per heavy atom.